The van der Waals surface area contributed by atoms with Gasteiger partial charge in [0.25, 0.3) is 0 Å². The van der Waals surface area contributed by atoms with Crippen molar-refractivity contribution < 1.29 is 0 Å². The van der Waals surface area contributed by atoms with Crippen molar-refractivity contribution in [2.24, 2.45) is 0 Å². The van der Waals surface area contributed by atoms with E-state index in [1.807, 2.05) is 41.5 Å². The minimum Gasteiger partial charge on any atom is -0.0776 e. The Labute approximate surface area is 376 Å². The van der Waals surface area contributed by atoms with Gasteiger partial charge in [-0.1, -0.05) is 270 Å². The van der Waals surface area contributed by atoms with E-state index in [-0.39, 0.29) is 55.4 Å². The van der Waals surface area contributed by atoms with Gasteiger partial charge in [0.05, 0.1) is 0 Å². The van der Waals surface area contributed by atoms with Gasteiger partial charge in [-0.2, -0.15) is 0 Å². The van der Waals surface area contributed by atoms with Crippen LogP contribution in [0.5, 0.6) is 0 Å². The molecule has 2 aliphatic carbocycles. The van der Waals surface area contributed by atoms with Crippen LogP contribution in [-0.4, -0.2) is 0 Å². The second-order valence-corrected chi connectivity index (χ2v) is 14.1. The topological polar surface area (TPSA) is 0 Å². The van der Waals surface area contributed by atoms with Gasteiger partial charge < -0.3 is 0 Å². The first kappa shape index (κ1) is 55.5. The minimum absolute atomic E-state index is 0. The molecule has 0 N–H and O–H groups in total. The molecule has 7 aromatic carbocycles. The van der Waals surface area contributed by atoms with Crippen LogP contribution in [0.2, 0.25) is 0 Å². The molecule has 0 amide bonds. The molecular formula is C61H82. The first-order valence-electron chi connectivity index (χ1n) is 20.8. The number of fused-ring (bicyclic) bond motifs is 6. The lowest BCUT2D eigenvalue weighted by Gasteiger charge is -2.33. The third-order valence-corrected chi connectivity index (χ3v) is 11.6. The zero-order chi connectivity index (χ0) is 39.0. The van der Waals surface area contributed by atoms with Crippen molar-refractivity contribution in [3.8, 4) is 44.5 Å². The fourth-order valence-corrected chi connectivity index (χ4v) is 9.08. The van der Waals surface area contributed by atoms with Gasteiger partial charge in [0, 0.05) is 10.8 Å². The predicted molar refractivity (Wildman–Crippen MR) is 280 cm³/mol. The summed E-state index contributed by atoms with van der Waals surface area (Å²) >= 11 is 0. The van der Waals surface area contributed by atoms with Gasteiger partial charge in [-0.05, 0) is 97.3 Å². The molecule has 9 rings (SSSR count). The van der Waals surface area contributed by atoms with E-state index in [9.17, 15) is 0 Å². The van der Waals surface area contributed by atoms with Crippen molar-refractivity contribution in [3.63, 3.8) is 0 Å². The molecular weight excluding hydrogens is 733 g/mol. The third-order valence-electron chi connectivity index (χ3n) is 11.6. The van der Waals surface area contributed by atoms with E-state index in [1.165, 1.54) is 90.7 Å². The van der Waals surface area contributed by atoms with Gasteiger partial charge in [0.1, 0.15) is 0 Å². The fraction of sp³-hybridized carbons (Fsp3) is 0.311. The average molecular weight is 815 g/mol. The van der Waals surface area contributed by atoms with Gasteiger partial charge in [-0.25, -0.2) is 0 Å². The molecule has 2 aliphatic rings. The van der Waals surface area contributed by atoms with Crippen LogP contribution in [0.4, 0.5) is 0 Å². The molecule has 0 atom stereocenters. The molecule has 0 spiro atoms. The highest BCUT2D eigenvalue weighted by Crippen LogP contribution is 2.55. The summed E-state index contributed by atoms with van der Waals surface area (Å²) in [6.45, 7) is 16.7. The molecule has 0 aromatic heterocycles. The van der Waals surface area contributed by atoms with E-state index in [4.69, 9.17) is 0 Å². The van der Waals surface area contributed by atoms with Crippen LogP contribution < -0.4 is 0 Å². The molecule has 326 valence electrons. The number of hydrogen-bond donors (Lipinski definition) is 0. The van der Waals surface area contributed by atoms with Crippen LogP contribution in [0.25, 0.3) is 44.5 Å². The van der Waals surface area contributed by atoms with Crippen LogP contribution in [-0.2, 0) is 10.8 Å². The lowest BCUT2D eigenvalue weighted by Crippen LogP contribution is -2.27. The normalized spacial score (nSPS) is 11.9. The minimum atomic E-state index is -0.176. The average Bonchev–Trinajstić information content (AvgIpc) is 3.72. The highest BCUT2D eigenvalue weighted by atomic mass is 14.5. The quantitative estimate of drug-likeness (QED) is 0.150. The summed E-state index contributed by atoms with van der Waals surface area (Å²) in [7, 11) is 0. The molecule has 0 heterocycles. The largest absolute Gasteiger partial charge is 0.0776 e. The Balaban J connectivity index is 0.00000288. The SMILES string of the molecule is C.C.C.C.C.C.CC.CC.CC.CCCCC1(c2ccc(-c3cccc(-c4ccc(C5(C)c6ccccc6-c6ccccc65)cc4)c3)cc2)c2ccccc2-c2ccccc21. The summed E-state index contributed by atoms with van der Waals surface area (Å²) in [5.41, 5.74) is 18.5. The van der Waals surface area contributed by atoms with Crippen LogP contribution in [0.3, 0.4) is 0 Å². The molecule has 0 saturated heterocycles. The van der Waals surface area contributed by atoms with Crippen LogP contribution >= 0.6 is 0 Å². The first-order chi connectivity index (χ1) is 27.1. The predicted octanol–water partition coefficient (Wildman–Crippen LogP) is 19.8. The van der Waals surface area contributed by atoms with Crippen LogP contribution in [0, 0.1) is 0 Å². The van der Waals surface area contributed by atoms with Crippen molar-refractivity contribution in [2.75, 3.05) is 0 Å². The van der Waals surface area contributed by atoms with Gasteiger partial charge >= 0.3 is 0 Å². The molecule has 0 aliphatic heterocycles. The number of rotatable bonds is 7. The second kappa shape index (κ2) is 24.7. The van der Waals surface area contributed by atoms with Gasteiger partial charge in [0.15, 0.2) is 0 Å². The van der Waals surface area contributed by atoms with E-state index in [0.717, 1.165) is 6.42 Å². The maximum absolute atomic E-state index is 2.39. The lowest BCUT2D eigenvalue weighted by molar-refractivity contribution is 0.538. The molecule has 0 saturated carbocycles. The Morgan fingerprint density at radius 2 is 0.672 bits per heavy atom. The van der Waals surface area contributed by atoms with Gasteiger partial charge in [0.2, 0.25) is 0 Å². The number of unbranched alkanes of at least 4 members (excludes halogenated alkanes) is 1. The monoisotopic (exact) mass is 815 g/mol. The molecule has 0 unspecified atom stereocenters. The lowest BCUT2D eigenvalue weighted by atomic mass is 9.69. The van der Waals surface area contributed by atoms with Crippen LogP contribution in [0.15, 0.2) is 170 Å². The third kappa shape index (κ3) is 9.55. The fourth-order valence-electron chi connectivity index (χ4n) is 9.08. The maximum Gasteiger partial charge on any atom is 0.0463 e. The van der Waals surface area contributed by atoms with Crippen molar-refractivity contribution in [1.29, 1.82) is 0 Å². The standard InChI is InChI=1S/C49H40.3C2H6.6CH4/c1-3-4-32-49(46-22-11-7-18-42(46)43-19-8-12-23-47(43)49)39-30-26-35(27-31-39)37-15-13-14-36(33-37)34-24-28-38(29-25-34)48(2)44-20-9-5-16-40(44)41-17-6-10-21-45(41)48;3*1-2;;;;;;/h5-31,33H,3-4,32H2,1-2H3;3*1-2H3;6*1H4. The Morgan fingerprint density at radius 1 is 0.344 bits per heavy atom. The molecule has 61 heavy (non-hydrogen) atoms. The Hall–Kier alpha value is -5.46. The molecule has 7 aromatic rings. The summed E-state index contributed by atoms with van der Waals surface area (Å²) in [5, 5.41) is 0. The summed E-state index contributed by atoms with van der Waals surface area (Å²) in [6.07, 6.45) is 3.47. The molecule has 0 bridgehead atoms. The van der Waals surface area contributed by atoms with Crippen molar-refractivity contribution in [2.45, 2.75) is 130 Å². The molecule has 0 fully saturated rings. The Bertz CT molecular complexity index is 2230. The van der Waals surface area contributed by atoms with E-state index in [2.05, 4.69) is 184 Å². The zero-order valence-electron chi connectivity index (χ0n) is 34.3. The van der Waals surface area contributed by atoms with E-state index in [1.54, 1.807) is 0 Å². The van der Waals surface area contributed by atoms with E-state index >= 15 is 0 Å². The van der Waals surface area contributed by atoms with Crippen LogP contribution in [0.1, 0.15) is 153 Å². The summed E-state index contributed by atoms with van der Waals surface area (Å²) in [5.74, 6) is 0. The Morgan fingerprint density at radius 3 is 1.05 bits per heavy atom. The van der Waals surface area contributed by atoms with Crippen molar-refractivity contribution in [3.05, 3.63) is 203 Å². The summed E-state index contributed by atoms with van der Waals surface area (Å²) in [6, 6.07) is 63.7. The maximum atomic E-state index is 2.39. The summed E-state index contributed by atoms with van der Waals surface area (Å²) in [4.78, 5) is 0. The van der Waals surface area contributed by atoms with Gasteiger partial charge in [-0.3, -0.25) is 0 Å². The first-order valence-corrected chi connectivity index (χ1v) is 20.8. The second-order valence-electron chi connectivity index (χ2n) is 14.1. The zero-order valence-corrected chi connectivity index (χ0v) is 34.3. The van der Waals surface area contributed by atoms with Crippen molar-refractivity contribution >= 4 is 0 Å². The Kier molecular flexibility index (Phi) is 22.5. The van der Waals surface area contributed by atoms with Gasteiger partial charge in [-0.15, -0.1) is 0 Å². The molecule has 0 heteroatoms. The van der Waals surface area contributed by atoms with E-state index < -0.39 is 0 Å². The smallest absolute Gasteiger partial charge is 0.0463 e. The number of hydrogen-bond acceptors (Lipinski definition) is 0. The number of benzene rings is 7. The van der Waals surface area contributed by atoms with E-state index in [0.29, 0.717) is 0 Å². The van der Waals surface area contributed by atoms with Crippen molar-refractivity contribution in [1.82, 2.24) is 0 Å². The summed E-state index contributed by atoms with van der Waals surface area (Å²) < 4.78 is 0. The molecule has 0 radical (unpaired) electrons. The molecule has 0 nitrogen and oxygen atoms in total. The highest BCUT2D eigenvalue weighted by molar-refractivity contribution is 5.85. The highest BCUT2D eigenvalue weighted by Gasteiger charge is 2.44.